The third-order valence-corrected chi connectivity index (χ3v) is 5.29. The second kappa shape index (κ2) is 7.25. The van der Waals surface area contributed by atoms with Crippen LogP contribution in [-0.4, -0.2) is 23.3 Å². The summed E-state index contributed by atoms with van der Waals surface area (Å²) in [6.45, 7) is 0.314. The first-order chi connectivity index (χ1) is 11.5. The number of hydrogen-bond donors (Lipinski definition) is 3. The van der Waals surface area contributed by atoms with Gasteiger partial charge >= 0.3 is 0 Å². The minimum atomic E-state index is -0.375. The first-order valence-corrected chi connectivity index (χ1v) is 8.67. The fourth-order valence-electron chi connectivity index (χ4n) is 2.16. The summed E-state index contributed by atoms with van der Waals surface area (Å²) in [6.07, 6.45) is 0. The molecular formula is C16H13Cl2N3O2S. The number of halogens is 2. The zero-order chi connectivity index (χ0) is 17.1. The van der Waals surface area contributed by atoms with E-state index in [0.717, 1.165) is 10.3 Å². The smallest absolute Gasteiger partial charge is 0.268 e. The monoisotopic (exact) mass is 381 g/mol. The highest BCUT2D eigenvalue weighted by Crippen LogP contribution is 2.38. The van der Waals surface area contributed by atoms with Crippen molar-refractivity contribution in [2.45, 2.75) is 6.54 Å². The molecule has 24 heavy (non-hydrogen) atoms. The largest absolute Gasteiger partial charge is 0.350 e. The van der Waals surface area contributed by atoms with E-state index in [-0.39, 0.29) is 18.4 Å². The summed E-state index contributed by atoms with van der Waals surface area (Å²) in [7, 11) is 0. The van der Waals surface area contributed by atoms with Crippen LogP contribution in [0, 0.1) is 0 Å². The Balaban J connectivity index is 1.53. The second-order valence-corrected chi connectivity index (χ2v) is 7.09. The van der Waals surface area contributed by atoms with Crippen molar-refractivity contribution in [3.63, 3.8) is 0 Å². The Labute approximate surface area is 152 Å². The van der Waals surface area contributed by atoms with Gasteiger partial charge in [-0.15, -0.1) is 11.3 Å². The van der Waals surface area contributed by atoms with Crippen molar-refractivity contribution in [2.75, 3.05) is 6.54 Å². The molecule has 3 rings (SSSR count). The molecule has 8 heteroatoms. The van der Waals surface area contributed by atoms with Crippen molar-refractivity contribution in [2.24, 2.45) is 0 Å². The molecule has 0 unspecified atom stereocenters. The minimum absolute atomic E-state index is 0.104. The molecular weight excluding hydrogens is 369 g/mol. The third kappa shape index (κ3) is 3.72. The third-order valence-electron chi connectivity index (χ3n) is 3.36. The van der Waals surface area contributed by atoms with Crippen LogP contribution in [0.25, 0.3) is 10.2 Å². The van der Waals surface area contributed by atoms with Gasteiger partial charge < -0.3 is 15.6 Å². The highest BCUT2D eigenvalue weighted by molar-refractivity contribution is 7.23. The van der Waals surface area contributed by atoms with E-state index in [1.165, 1.54) is 11.3 Å². The number of rotatable bonds is 5. The topological polar surface area (TPSA) is 74.0 Å². The number of amides is 2. The lowest BCUT2D eigenvalue weighted by atomic mass is 10.2. The Morgan fingerprint density at radius 3 is 2.58 bits per heavy atom. The van der Waals surface area contributed by atoms with E-state index in [1.54, 1.807) is 6.07 Å². The number of benzene rings is 1. The fourth-order valence-corrected chi connectivity index (χ4v) is 3.64. The summed E-state index contributed by atoms with van der Waals surface area (Å²) < 4.78 is 1.27. The lowest BCUT2D eigenvalue weighted by Gasteiger charge is -2.06. The Morgan fingerprint density at radius 2 is 1.88 bits per heavy atom. The maximum atomic E-state index is 12.1. The Kier molecular flexibility index (Phi) is 5.08. The first kappa shape index (κ1) is 16.8. The molecule has 0 aliphatic carbocycles. The molecule has 0 aliphatic heterocycles. The van der Waals surface area contributed by atoms with Crippen LogP contribution in [0.5, 0.6) is 0 Å². The van der Waals surface area contributed by atoms with Gasteiger partial charge in [0.1, 0.15) is 10.0 Å². The van der Waals surface area contributed by atoms with Crippen molar-refractivity contribution in [1.29, 1.82) is 0 Å². The molecule has 2 heterocycles. The van der Waals surface area contributed by atoms with Gasteiger partial charge in [-0.1, -0.05) is 53.5 Å². The van der Waals surface area contributed by atoms with Gasteiger partial charge in [0.05, 0.1) is 21.8 Å². The maximum Gasteiger partial charge on any atom is 0.268 e. The molecule has 0 aliphatic rings. The normalized spacial score (nSPS) is 10.8. The van der Waals surface area contributed by atoms with Crippen LogP contribution in [-0.2, 0) is 11.3 Å². The number of aromatic nitrogens is 1. The first-order valence-electron chi connectivity index (χ1n) is 7.10. The highest BCUT2D eigenvalue weighted by Gasteiger charge is 2.16. The average Bonchev–Trinajstić information content (AvgIpc) is 3.12. The summed E-state index contributed by atoms with van der Waals surface area (Å²) in [5.41, 5.74) is 1.96. The average molecular weight is 382 g/mol. The molecule has 3 aromatic rings. The Bertz CT molecular complexity index is 890. The van der Waals surface area contributed by atoms with Gasteiger partial charge in [0.2, 0.25) is 5.91 Å². The van der Waals surface area contributed by atoms with E-state index in [2.05, 4.69) is 15.6 Å². The highest BCUT2D eigenvalue weighted by atomic mass is 35.5. The van der Waals surface area contributed by atoms with Gasteiger partial charge in [0.25, 0.3) is 5.91 Å². The number of nitrogens with one attached hydrogen (secondary N) is 3. The molecule has 3 N–H and O–H groups in total. The van der Waals surface area contributed by atoms with E-state index >= 15 is 0 Å². The van der Waals surface area contributed by atoms with Gasteiger partial charge in [0, 0.05) is 6.54 Å². The van der Waals surface area contributed by atoms with Crippen LogP contribution >= 0.6 is 34.5 Å². The molecule has 0 spiro atoms. The van der Waals surface area contributed by atoms with Gasteiger partial charge in [0.15, 0.2) is 0 Å². The van der Waals surface area contributed by atoms with E-state index in [4.69, 9.17) is 23.2 Å². The number of carbonyl (C=O) groups is 2. The summed E-state index contributed by atoms with van der Waals surface area (Å²) in [6, 6.07) is 11.2. The Morgan fingerprint density at radius 1 is 1.12 bits per heavy atom. The van der Waals surface area contributed by atoms with E-state index in [9.17, 15) is 9.59 Å². The van der Waals surface area contributed by atoms with Crippen LogP contribution in [0.4, 0.5) is 0 Å². The molecule has 0 bridgehead atoms. The maximum absolute atomic E-state index is 12.1. The summed E-state index contributed by atoms with van der Waals surface area (Å²) >= 11 is 13.3. The van der Waals surface area contributed by atoms with Crippen LogP contribution in [0.3, 0.4) is 0 Å². The van der Waals surface area contributed by atoms with Crippen LogP contribution < -0.4 is 10.6 Å². The molecule has 2 aromatic heterocycles. The number of hydrogen-bond acceptors (Lipinski definition) is 3. The SMILES string of the molecule is O=C(CNC(=O)c1cc2sc(Cl)c(Cl)c2[nH]1)NCc1ccccc1. The zero-order valence-electron chi connectivity index (χ0n) is 12.4. The van der Waals surface area contributed by atoms with Crippen LogP contribution in [0.2, 0.25) is 9.36 Å². The number of carbonyl (C=O) groups excluding carboxylic acids is 2. The number of H-pyrrole nitrogens is 1. The lowest BCUT2D eigenvalue weighted by Crippen LogP contribution is -2.36. The molecule has 0 fully saturated rings. The standard InChI is InChI=1S/C16H13Cl2N3O2S/c17-13-14-11(24-15(13)18)6-10(21-14)16(23)20-8-12(22)19-7-9-4-2-1-3-5-9/h1-6,21H,7-8H2,(H,19,22)(H,20,23). The molecule has 0 saturated heterocycles. The zero-order valence-corrected chi connectivity index (χ0v) is 14.7. The quantitative estimate of drug-likeness (QED) is 0.631. The van der Waals surface area contributed by atoms with E-state index in [0.29, 0.717) is 27.1 Å². The van der Waals surface area contributed by atoms with Gasteiger partial charge in [-0.3, -0.25) is 9.59 Å². The predicted octanol–water partition coefficient (Wildman–Crippen LogP) is 3.58. The molecule has 0 saturated carbocycles. The van der Waals surface area contributed by atoms with Crippen molar-refractivity contribution in [1.82, 2.24) is 15.6 Å². The summed E-state index contributed by atoms with van der Waals surface area (Å²) in [4.78, 5) is 26.8. The molecule has 0 radical (unpaired) electrons. The molecule has 124 valence electrons. The van der Waals surface area contributed by atoms with Gasteiger partial charge in [-0.05, 0) is 11.6 Å². The minimum Gasteiger partial charge on any atom is -0.350 e. The van der Waals surface area contributed by atoms with Crippen LogP contribution in [0.1, 0.15) is 16.1 Å². The summed E-state index contributed by atoms with van der Waals surface area (Å²) in [5.74, 6) is -0.637. The molecule has 1 aromatic carbocycles. The van der Waals surface area contributed by atoms with Crippen molar-refractivity contribution in [3.8, 4) is 0 Å². The van der Waals surface area contributed by atoms with E-state index in [1.807, 2.05) is 30.3 Å². The number of aromatic amines is 1. The molecule has 5 nitrogen and oxygen atoms in total. The molecule has 2 amide bonds. The van der Waals surface area contributed by atoms with Crippen molar-refractivity contribution in [3.05, 3.63) is 57.0 Å². The van der Waals surface area contributed by atoms with Gasteiger partial charge in [-0.2, -0.15) is 0 Å². The fraction of sp³-hybridized carbons (Fsp3) is 0.125. The van der Waals surface area contributed by atoms with Crippen LogP contribution in [0.15, 0.2) is 36.4 Å². The van der Waals surface area contributed by atoms with E-state index < -0.39 is 0 Å². The predicted molar refractivity (Wildman–Crippen MR) is 96.8 cm³/mol. The van der Waals surface area contributed by atoms with Crippen molar-refractivity contribution >= 4 is 56.6 Å². The number of thiophene rings is 1. The van der Waals surface area contributed by atoms with Crippen molar-refractivity contribution < 1.29 is 9.59 Å². The number of fused-ring (bicyclic) bond motifs is 1. The lowest BCUT2D eigenvalue weighted by molar-refractivity contribution is -0.120. The Hall–Kier alpha value is -2.02. The van der Waals surface area contributed by atoms with Gasteiger partial charge in [-0.25, -0.2) is 0 Å². The molecule has 0 atom stereocenters. The summed E-state index contributed by atoms with van der Waals surface area (Å²) in [5, 5.41) is 5.71. The second-order valence-electron chi connectivity index (χ2n) is 5.06.